The second-order valence-corrected chi connectivity index (χ2v) is 4.63. The van der Waals surface area contributed by atoms with Gasteiger partial charge in [0, 0.05) is 25.7 Å². The van der Waals surface area contributed by atoms with E-state index in [1.807, 2.05) is 18.7 Å². The molecule has 1 rings (SSSR count). The maximum atomic E-state index is 11.9. The Balaban J connectivity index is 2.89. The number of likely N-dealkylation sites (N-methyl/N-ethyl adjacent to an activating group) is 1. The number of carbonyl (C=O) groups excluding carboxylic acids is 1. The predicted octanol–water partition coefficient (Wildman–Crippen LogP) is 0.0859. The van der Waals surface area contributed by atoms with Crippen molar-refractivity contribution >= 4 is 5.91 Å². The maximum Gasteiger partial charge on any atom is 0.242 e. The lowest BCUT2D eigenvalue weighted by Gasteiger charge is -2.48. The minimum absolute atomic E-state index is 0.0180. The van der Waals surface area contributed by atoms with Crippen molar-refractivity contribution in [2.75, 3.05) is 26.7 Å². The molecule has 1 saturated heterocycles. The van der Waals surface area contributed by atoms with E-state index in [0.717, 1.165) is 6.54 Å². The number of nitrogens with zero attached hydrogens (tertiary/aromatic N) is 2. The number of hydrogen-bond donors (Lipinski definition) is 1. The van der Waals surface area contributed by atoms with E-state index in [1.54, 1.807) is 18.0 Å². The van der Waals surface area contributed by atoms with Crippen LogP contribution in [0.2, 0.25) is 0 Å². The molecule has 86 valence electrons. The predicted molar refractivity (Wildman–Crippen MR) is 59.5 cm³/mol. The molecule has 4 nitrogen and oxygen atoms in total. The van der Waals surface area contributed by atoms with Gasteiger partial charge in [-0.25, -0.2) is 0 Å². The second-order valence-electron chi connectivity index (χ2n) is 4.63. The molecule has 1 heterocycles. The third-order valence-electron chi connectivity index (χ3n) is 3.09. The molecule has 1 aliphatic heterocycles. The minimum Gasteiger partial charge on any atom is -0.394 e. The van der Waals surface area contributed by atoms with Gasteiger partial charge in [0.2, 0.25) is 5.91 Å². The lowest BCUT2D eigenvalue weighted by atomic mass is 9.96. The average molecular weight is 212 g/mol. The Morgan fingerprint density at radius 3 is 2.73 bits per heavy atom. The summed E-state index contributed by atoms with van der Waals surface area (Å²) in [7, 11) is 1.79. The van der Waals surface area contributed by atoms with E-state index >= 15 is 0 Å². The maximum absolute atomic E-state index is 11.9. The Morgan fingerprint density at radius 2 is 2.27 bits per heavy atom. The van der Waals surface area contributed by atoms with E-state index in [4.69, 9.17) is 0 Å². The number of aliphatic hydroxyl groups excluding tert-OH is 1. The van der Waals surface area contributed by atoms with Gasteiger partial charge in [0.15, 0.2) is 0 Å². The summed E-state index contributed by atoms with van der Waals surface area (Å²) in [4.78, 5) is 15.6. The molecule has 0 aromatic carbocycles. The van der Waals surface area contributed by atoms with Gasteiger partial charge in [0.1, 0.15) is 6.04 Å². The first-order valence-electron chi connectivity index (χ1n) is 5.17. The molecule has 0 aliphatic carbocycles. The summed E-state index contributed by atoms with van der Waals surface area (Å²) in [6.45, 7) is 8.97. The normalized spacial score (nSPS) is 26.8. The topological polar surface area (TPSA) is 43.8 Å². The zero-order valence-corrected chi connectivity index (χ0v) is 9.73. The lowest BCUT2D eigenvalue weighted by molar-refractivity contribution is -0.150. The number of aliphatic hydroxyl groups is 1. The molecule has 0 aromatic heterocycles. The Morgan fingerprint density at radius 1 is 1.67 bits per heavy atom. The van der Waals surface area contributed by atoms with Crippen LogP contribution < -0.4 is 0 Å². The van der Waals surface area contributed by atoms with Crippen LogP contribution in [0.25, 0.3) is 0 Å². The van der Waals surface area contributed by atoms with Crippen LogP contribution in [-0.2, 0) is 4.79 Å². The van der Waals surface area contributed by atoms with Gasteiger partial charge in [-0.05, 0) is 13.8 Å². The van der Waals surface area contributed by atoms with Gasteiger partial charge in [-0.15, -0.1) is 6.58 Å². The van der Waals surface area contributed by atoms with E-state index in [1.165, 1.54) is 0 Å². The van der Waals surface area contributed by atoms with Crippen LogP contribution in [0.3, 0.4) is 0 Å². The number of hydrogen-bond acceptors (Lipinski definition) is 3. The van der Waals surface area contributed by atoms with Gasteiger partial charge in [0.05, 0.1) is 6.61 Å². The first-order valence-corrected chi connectivity index (χ1v) is 5.17. The largest absolute Gasteiger partial charge is 0.394 e. The van der Waals surface area contributed by atoms with Gasteiger partial charge in [0.25, 0.3) is 0 Å². The second kappa shape index (κ2) is 4.33. The van der Waals surface area contributed by atoms with Crippen LogP contribution in [0.1, 0.15) is 13.8 Å². The molecule has 1 fully saturated rings. The quantitative estimate of drug-likeness (QED) is 0.674. The fraction of sp³-hybridized carbons (Fsp3) is 0.727. The number of rotatable bonds is 3. The molecular weight excluding hydrogens is 192 g/mol. The molecule has 0 saturated carbocycles. The van der Waals surface area contributed by atoms with Crippen LogP contribution in [0.4, 0.5) is 0 Å². The molecule has 1 N–H and O–H groups in total. The Labute approximate surface area is 91.2 Å². The number of amides is 1. The molecular formula is C11H20N2O2. The van der Waals surface area contributed by atoms with Crippen LogP contribution in [0.5, 0.6) is 0 Å². The highest BCUT2D eigenvalue weighted by molar-refractivity contribution is 5.83. The molecule has 0 spiro atoms. The fourth-order valence-corrected chi connectivity index (χ4v) is 1.94. The van der Waals surface area contributed by atoms with Crippen molar-refractivity contribution in [1.29, 1.82) is 0 Å². The number of carbonyl (C=O) groups is 1. The highest BCUT2D eigenvalue weighted by Crippen LogP contribution is 2.23. The Bertz CT molecular complexity index is 263. The molecule has 0 aromatic rings. The summed E-state index contributed by atoms with van der Waals surface area (Å²) in [6.07, 6.45) is 1.76. The summed E-state index contributed by atoms with van der Waals surface area (Å²) in [5.74, 6) is -0.0180. The minimum atomic E-state index is -0.416. The molecule has 0 radical (unpaired) electrons. The van der Waals surface area contributed by atoms with Crippen molar-refractivity contribution in [1.82, 2.24) is 9.80 Å². The Hall–Kier alpha value is -0.870. The number of piperazine rings is 1. The van der Waals surface area contributed by atoms with E-state index in [9.17, 15) is 9.90 Å². The van der Waals surface area contributed by atoms with Crippen molar-refractivity contribution < 1.29 is 9.90 Å². The van der Waals surface area contributed by atoms with Crippen molar-refractivity contribution in [3.05, 3.63) is 12.7 Å². The van der Waals surface area contributed by atoms with E-state index in [-0.39, 0.29) is 18.1 Å². The standard InChI is InChI=1S/C11H20N2O2/c1-5-6-13-8-11(2,3)12(4)10(15)9(13)7-14/h5,9,14H,1,6-8H2,2-4H3. The molecule has 1 atom stereocenters. The summed E-state index contributed by atoms with van der Waals surface area (Å²) in [5, 5.41) is 9.22. The van der Waals surface area contributed by atoms with Crippen LogP contribution in [-0.4, -0.2) is 59.1 Å². The summed E-state index contributed by atoms with van der Waals surface area (Å²) in [5.41, 5.74) is -0.189. The van der Waals surface area contributed by atoms with Gasteiger partial charge in [-0.2, -0.15) is 0 Å². The SMILES string of the molecule is C=CCN1CC(C)(C)N(C)C(=O)C1CO. The molecule has 1 aliphatic rings. The first-order chi connectivity index (χ1) is 6.94. The molecule has 0 bridgehead atoms. The molecule has 15 heavy (non-hydrogen) atoms. The highest BCUT2D eigenvalue weighted by atomic mass is 16.3. The van der Waals surface area contributed by atoms with E-state index < -0.39 is 6.04 Å². The van der Waals surface area contributed by atoms with Gasteiger partial charge < -0.3 is 10.0 Å². The van der Waals surface area contributed by atoms with Crippen LogP contribution >= 0.6 is 0 Å². The van der Waals surface area contributed by atoms with Crippen molar-refractivity contribution in [3.8, 4) is 0 Å². The Kier molecular flexibility index (Phi) is 3.52. The average Bonchev–Trinajstić information content (AvgIpc) is 2.15. The van der Waals surface area contributed by atoms with Crippen molar-refractivity contribution in [2.45, 2.75) is 25.4 Å². The summed E-state index contributed by atoms with van der Waals surface area (Å²) >= 11 is 0. The lowest BCUT2D eigenvalue weighted by Crippen LogP contribution is -2.65. The van der Waals surface area contributed by atoms with Crippen LogP contribution in [0.15, 0.2) is 12.7 Å². The first kappa shape index (κ1) is 12.2. The molecule has 1 amide bonds. The molecule has 1 unspecified atom stereocenters. The van der Waals surface area contributed by atoms with E-state index in [0.29, 0.717) is 6.54 Å². The van der Waals surface area contributed by atoms with E-state index in [2.05, 4.69) is 6.58 Å². The van der Waals surface area contributed by atoms with Crippen LogP contribution in [0, 0.1) is 0 Å². The van der Waals surface area contributed by atoms with Crippen molar-refractivity contribution in [2.24, 2.45) is 0 Å². The smallest absolute Gasteiger partial charge is 0.242 e. The highest BCUT2D eigenvalue weighted by Gasteiger charge is 2.41. The monoisotopic (exact) mass is 212 g/mol. The third-order valence-corrected chi connectivity index (χ3v) is 3.09. The summed E-state index contributed by atoms with van der Waals surface area (Å²) in [6, 6.07) is -0.416. The van der Waals surface area contributed by atoms with Gasteiger partial charge in [-0.3, -0.25) is 9.69 Å². The van der Waals surface area contributed by atoms with Gasteiger partial charge >= 0.3 is 0 Å². The van der Waals surface area contributed by atoms with Crippen molar-refractivity contribution in [3.63, 3.8) is 0 Å². The molecule has 4 heteroatoms. The zero-order valence-electron chi connectivity index (χ0n) is 9.73. The fourth-order valence-electron chi connectivity index (χ4n) is 1.94. The third kappa shape index (κ3) is 2.21. The summed E-state index contributed by atoms with van der Waals surface area (Å²) < 4.78 is 0. The zero-order chi connectivity index (χ0) is 11.6. The van der Waals surface area contributed by atoms with Gasteiger partial charge in [-0.1, -0.05) is 6.08 Å².